The van der Waals surface area contributed by atoms with Gasteiger partial charge >= 0.3 is 12.1 Å². The first kappa shape index (κ1) is 18.2. The number of nitrogens with one attached hydrogen (secondary N) is 2. The van der Waals surface area contributed by atoms with Gasteiger partial charge in [-0.2, -0.15) is 0 Å². The molecule has 0 aromatic heterocycles. The van der Waals surface area contributed by atoms with E-state index in [0.29, 0.717) is 0 Å². The summed E-state index contributed by atoms with van der Waals surface area (Å²) in [4.78, 5) is 34.9. The zero-order valence-corrected chi connectivity index (χ0v) is 13.1. The quantitative estimate of drug-likeness (QED) is 0.752. The fourth-order valence-corrected chi connectivity index (χ4v) is 1.23. The molecule has 0 rings (SSSR count). The van der Waals surface area contributed by atoms with E-state index in [2.05, 4.69) is 15.4 Å². The van der Waals surface area contributed by atoms with Gasteiger partial charge in [0.05, 0.1) is 7.11 Å². The Balaban J connectivity index is 4.60. The van der Waals surface area contributed by atoms with Gasteiger partial charge in [-0.3, -0.25) is 4.79 Å². The molecule has 1 atom stereocenters. The van der Waals surface area contributed by atoms with Crippen molar-refractivity contribution < 1.29 is 23.9 Å². The number of carbonyl (C=O) groups excluding carboxylic acids is 3. The Morgan fingerprint density at radius 1 is 1.05 bits per heavy atom. The minimum Gasteiger partial charge on any atom is -0.467 e. The molecule has 2 N–H and O–H groups in total. The second kappa shape index (κ2) is 6.58. The molecule has 7 nitrogen and oxygen atoms in total. The van der Waals surface area contributed by atoms with Crippen LogP contribution in [-0.2, 0) is 19.1 Å². The first-order valence-corrected chi connectivity index (χ1v) is 6.29. The van der Waals surface area contributed by atoms with Gasteiger partial charge in [-0.05, 0) is 41.5 Å². The standard InChI is InChI=1S/C13H24N2O5/c1-8(9(16)19-7)14-10(17)13(5,6)15-11(18)20-12(2,3)4/h8H,1-7H3,(H,14,17)(H,15,18). The smallest absolute Gasteiger partial charge is 0.408 e. The maximum atomic E-state index is 12.0. The lowest BCUT2D eigenvalue weighted by atomic mass is 10.0. The number of hydrogen-bond donors (Lipinski definition) is 2. The molecular weight excluding hydrogens is 264 g/mol. The van der Waals surface area contributed by atoms with Gasteiger partial charge in [0.2, 0.25) is 5.91 Å². The predicted molar refractivity (Wildman–Crippen MR) is 73.1 cm³/mol. The largest absolute Gasteiger partial charge is 0.467 e. The summed E-state index contributed by atoms with van der Waals surface area (Å²) in [5, 5.41) is 4.90. The van der Waals surface area contributed by atoms with Crippen LogP contribution in [-0.4, -0.2) is 42.3 Å². The van der Waals surface area contributed by atoms with Crippen molar-refractivity contribution in [2.45, 2.75) is 58.7 Å². The number of ether oxygens (including phenoxy) is 2. The van der Waals surface area contributed by atoms with Crippen LogP contribution in [0.15, 0.2) is 0 Å². The Hall–Kier alpha value is -1.79. The van der Waals surface area contributed by atoms with Gasteiger partial charge in [0.25, 0.3) is 0 Å². The highest BCUT2D eigenvalue weighted by molar-refractivity contribution is 5.92. The zero-order chi connectivity index (χ0) is 16.1. The van der Waals surface area contributed by atoms with Crippen LogP contribution in [0.25, 0.3) is 0 Å². The Morgan fingerprint density at radius 2 is 1.55 bits per heavy atom. The van der Waals surface area contributed by atoms with Crippen LogP contribution in [0.4, 0.5) is 4.79 Å². The molecule has 0 aliphatic heterocycles. The number of esters is 1. The molecule has 0 bridgehead atoms. The van der Waals surface area contributed by atoms with E-state index in [9.17, 15) is 14.4 Å². The normalized spacial score (nSPS) is 13.2. The summed E-state index contributed by atoms with van der Waals surface area (Å²) in [6, 6.07) is -0.799. The van der Waals surface area contributed by atoms with E-state index in [0.717, 1.165) is 0 Å². The molecule has 2 amide bonds. The Morgan fingerprint density at radius 3 is 1.95 bits per heavy atom. The summed E-state index contributed by atoms with van der Waals surface area (Å²) in [6.07, 6.45) is -0.705. The van der Waals surface area contributed by atoms with Gasteiger partial charge in [0.1, 0.15) is 17.2 Å². The maximum Gasteiger partial charge on any atom is 0.408 e. The van der Waals surface area contributed by atoms with Crippen molar-refractivity contribution in [1.82, 2.24) is 10.6 Å². The second-order valence-corrected chi connectivity index (χ2v) is 5.97. The number of alkyl carbamates (subject to hydrolysis) is 1. The Bertz CT molecular complexity index is 385. The SMILES string of the molecule is COC(=O)C(C)NC(=O)C(C)(C)NC(=O)OC(C)(C)C. The van der Waals surface area contributed by atoms with E-state index in [1.54, 1.807) is 20.8 Å². The molecule has 0 aromatic carbocycles. The molecule has 1 unspecified atom stereocenters. The number of carbonyl (C=O) groups is 3. The van der Waals surface area contributed by atoms with Crippen molar-refractivity contribution in [3.63, 3.8) is 0 Å². The average Bonchev–Trinajstić information content (AvgIpc) is 2.23. The van der Waals surface area contributed by atoms with Crippen molar-refractivity contribution in [2.24, 2.45) is 0 Å². The third kappa shape index (κ3) is 6.40. The fraction of sp³-hybridized carbons (Fsp3) is 0.769. The fourth-order valence-electron chi connectivity index (χ4n) is 1.23. The summed E-state index contributed by atoms with van der Waals surface area (Å²) in [7, 11) is 1.23. The summed E-state index contributed by atoms with van der Waals surface area (Å²) in [5.74, 6) is -1.08. The number of hydrogen-bond acceptors (Lipinski definition) is 5. The number of methoxy groups -OCH3 is 1. The maximum absolute atomic E-state index is 12.0. The molecule has 0 fully saturated rings. The molecular formula is C13H24N2O5. The van der Waals surface area contributed by atoms with Crippen LogP contribution in [0, 0.1) is 0 Å². The highest BCUT2D eigenvalue weighted by Gasteiger charge is 2.33. The van der Waals surface area contributed by atoms with Gasteiger partial charge in [-0.1, -0.05) is 0 Å². The van der Waals surface area contributed by atoms with Crippen LogP contribution in [0.1, 0.15) is 41.5 Å². The third-order valence-corrected chi connectivity index (χ3v) is 2.28. The van der Waals surface area contributed by atoms with E-state index < -0.39 is 35.2 Å². The molecule has 0 spiro atoms. The molecule has 0 heterocycles. The molecule has 0 saturated carbocycles. The lowest BCUT2D eigenvalue weighted by Gasteiger charge is -2.28. The van der Waals surface area contributed by atoms with Gasteiger partial charge in [0.15, 0.2) is 0 Å². The summed E-state index contributed by atoms with van der Waals surface area (Å²) >= 11 is 0. The van der Waals surface area contributed by atoms with Crippen LogP contribution < -0.4 is 10.6 Å². The summed E-state index contributed by atoms with van der Waals surface area (Å²) < 4.78 is 9.58. The predicted octanol–water partition coefficient (Wildman–Crippen LogP) is 0.967. The second-order valence-electron chi connectivity index (χ2n) is 5.97. The van der Waals surface area contributed by atoms with Gasteiger partial charge in [-0.25, -0.2) is 9.59 Å². The molecule has 0 saturated heterocycles. The topological polar surface area (TPSA) is 93.7 Å². The van der Waals surface area contributed by atoms with E-state index in [4.69, 9.17) is 4.74 Å². The first-order valence-electron chi connectivity index (χ1n) is 6.29. The Kier molecular flexibility index (Phi) is 5.99. The highest BCUT2D eigenvalue weighted by Crippen LogP contribution is 2.10. The molecule has 0 aromatic rings. The molecule has 0 aliphatic carbocycles. The van der Waals surface area contributed by atoms with Crippen LogP contribution in [0.5, 0.6) is 0 Å². The summed E-state index contributed by atoms with van der Waals surface area (Å²) in [5.41, 5.74) is -1.87. The lowest BCUT2D eigenvalue weighted by molar-refractivity contribution is -0.145. The van der Waals surface area contributed by atoms with Crippen molar-refractivity contribution in [2.75, 3.05) is 7.11 Å². The number of rotatable bonds is 4. The molecule has 0 radical (unpaired) electrons. The molecule has 116 valence electrons. The summed E-state index contributed by atoms with van der Waals surface area (Å²) in [6.45, 7) is 9.68. The Labute approximate surface area is 119 Å². The minimum absolute atomic E-state index is 0.513. The van der Waals surface area contributed by atoms with E-state index in [1.165, 1.54) is 27.9 Å². The average molecular weight is 288 g/mol. The number of amides is 2. The lowest BCUT2D eigenvalue weighted by Crippen LogP contribution is -2.58. The highest BCUT2D eigenvalue weighted by atomic mass is 16.6. The van der Waals surface area contributed by atoms with Crippen molar-refractivity contribution >= 4 is 18.0 Å². The van der Waals surface area contributed by atoms with Gasteiger partial charge in [-0.15, -0.1) is 0 Å². The van der Waals surface area contributed by atoms with Gasteiger partial charge < -0.3 is 20.1 Å². The zero-order valence-electron chi connectivity index (χ0n) is 13.1. The van der Waals surface area contributed by atoms with Crippen LogP contribution in [0.3, 0.4) is 0 Å². The van der Waals surface area contributed by atoms with E-state index in [1.807, 2.05) is 0 Å². The van der Waals surface area contributed by atoms with Crippen molar-refractivity contribution in [1.29, 1.82) is 0 Å². The van der Waals surface area contributed by atoms with Crippen molar-refractivity contribution in [3.05, 3.63) is 0 Å². The monoisotopic (exact) mass is 288 g/mol. The first-order chi connectivity index (χ1) is 8.89. The molecule has 0 aliphatic rings. The van der Waals surface area contributed by atoms with Crippen LogP contribution in [0.2, 0.25) is 0 Å². The van der Waals surface area contributed by atoms with Crippen LogP contribution >= 0.6 is 0 Å². The third-order valence-electron chi connectivity index (χ3n) is 2.28. The molecule has 20 heavy (non-hydrogen) atoms. The molecule has 7 heteroatoms. The minimum atomic E-state index is -1.22. The van der Waals surface area contributed by atoms with E-state index in [-0.39, 0.29) is 0 Å². The van der Waals surface area contributed by atoms with Crippen molar-refractivity contribution in [3.8, 4) is 0 Å². The van der Waals surface area contributed by atoms with E-state index >= 15 is 0 Å². The van der Waals surface area contributed by atoms with Gasteiger partial charge in [0, 0.05) is 0 Å².